The number of carbonyl (C=O) groups excluding carboxylic acids is 2. The van der Waals surface area contributed by atoms with Crippen LogP contribution in [0.3, 0.4) is 0 Å². The molecule has 2 aromatic rings. The van der Waals surface area contributed by atoms with Crippen molar-refractivity contribution < 1.29 is 14.3 Å². The van der Waals surface area contributed by atoms with E-state index in [1.165, 1.54) is 0 Å². The van der Waals surface area contributed by atoms with Crippen molar-refractivity contribution in [2.75, 3.05) is 11.9 Å². The minimum Gasteiger partial charge on any atom is -0.484 e. The zero-order valence-electron chi connectivity index (χ0n) is 15.3. The van der Waals surface area contributed by atoms with E-state index >= 15 is 0 Å². The van der Waals surface area contributed by atoms with Crippen LogP contribution in [-0.2, 0) is 11.3 Å². The maximum atomic E-state index is 11.9. The van der Waals surface area contributed by atoms with Gasteiger partial charge in [0.05, 0.1) is 11.6 Å². The Kier molecular flexibility index (Phi) is 7.20. The van der Waals surface area contributed by atoms with E-state index in [0.29, 0.717) is 23.5 Å². The summed E-state index contributed by atoms with van der Waals surface area (Å²) in [5, 5.41) is 17.0. The van der Waals surface area contributed by atoms with Gasteiger partial charge >= 0.3 is 6.03 Å². The number of carbonyl (C=O) groups is 2. The van der Waals surface area contributed by atoms with Gasteiger partial charge in [-0.1, -0.05) is 12.1 Å². The van der Waals surface area contributed by atoms with Crippen molar-refractivity contribution in [2.45, 2.75) is 26.4 Å². The Balaban J connectivity index is 1.74. The molecule has 0 unspecified atom stereocenters. The van der Waals surface area contributed by atoms with Gasteiger partial charge in [-0.3, -0.25) is 4.79 Å². The number of nitrogens with zero attached hydrogens (tertiary/aromatic N) is 1. The Morgan fingerprint density at radius 1 is 1.07 bits per heavy atom. The molecule has 0 bridgehead atoms. The lowest BCUT2D eigenvalue weighted by atomic mass is 10.2. The Morgan fingerprint density at radius 3 is 2.33 bits per heavy atom. The first-order valence-corrected chi connectivity index (χ1v) is 8.52. The number of nitriles is 1. The van der Waals surface area contributed by atoms with Crippen molar-refractivity contribution >= 4 is 17.6 Å². The average molecular weight is 366 g/mol. The van der Waals surface area contributed by atoms with Gasteiger partial charge in [-0.15, -0.1) is 0 Å². The maximum absolute atomic E-state index is 11.9. The quantitative estimate of drug-likeness (QED) is 0.701. The number of anilines is 1. The Hall–Kier alpha value is -3.53. The third-order valence-electron chi connectivity index (χ3n) is 3.47. The van der Waals surface area contributed by atoms with Crippen molar-refractivity contribution in [3.63, 3.8) is 0 Å². The van der Waals surface area contributed by atoms with Gasteiger partial charge < -0.3 is 20.7 Å². The molecule has 27 heavy (non-hydrogen) atoms. The van der Waals surface area contributed by atoms with Crippen molar-refractivity contribution in [3.05, 3.63) is 59.7 Å². The summed E-state index contributed by atoms with van der Waals surface area (Å²) in [4.78, 5) is 23.5. The smallest absolute Gasteiger partial charge is 0.319 e. The van der Waals surface area contributed by atoms with Crippen LogP contribution in [0.1, 0.15) is 25.0 Å². The molecule has 7 heteroatoms. The molecule has 0 saturated carbocycles. The van der Waals surface area contributed by atoms with Gasteiger partial charge in [0.15, 0.2) is 6.61 Å². The van der Waals surface area contributed by atoms with E-state index in [9.17, 15) is 9.59 Å². The number of rotatable bonds is 7. The molecule has 0 heterocycles. The van der Waals surface area contributed by atoms with E-state index in [-0.39, 0.29) is 24.6 Å². The molecule has 0 atom stereocenters. The van der Waals surface area contributed by atoms with Gasteiger partial charge in [-0.25, -0.2) is 4.79 Å². The Morgan fingerprint density at radius 2 is 1.74 bits per heavy atom. The van der Waals surface area contributed by atoms with Crippen LogP contribution >= 0.6 is 0 Å². The number of hydrogen-bond acceptors (Lipinski definition) is 4. The molecule has 0 fully saturated rings. The summed E-state index contributed by atoms with van der Waals surface area (Å²) in [5.41, 5.74) is 2.11. The van der Waals surface area contributed by atoms with Crippen molar-refractivity contribution in [2.24, 2.45) is 0 Å². The normalized spacial score (nSPS) is 10.0. The fraction of sp³-hybridized carbons (Fsp3) is 0.250. The monoisotopic (exact) mass is 366 g/mol. The van der Waals surface area contributed by atoms with E-state index in [1.54, 1.807) is 36.4 Å². The highest BCUT2D eigenvalue weighted by Crippen LogP contribution is 2.12. The summed E-state index contributed by atoms with van der Waals surface area (Å²) in [6, 6.07) is 15.6. The third kappa shape index (κ3) is 7.08. The largest absolute Gasteiger partial charge is 0.484 e. The molecule has 0 aromatic heterocycles. The summed E-state index contributed by atoms with van der Waals surface area (Å²) in [7, 11) is 0. The maximum Gasteiger partial charge on any atom is 0.319 e. The van der Waals surface area contributed by atoms with Gasteiger partial charge in [0, 0.05) is 18.3 Å². The van der Waals surface area contributed by atoms with Crippen molar-refractivity contribution in [1.29, 1.82) is 5.26 Å². The number of benzene rings is 2. The Bertz CT molecular complexity index is 809. The van der Waals surface area contributed by atoms with Crippen LogP contribution in [-0.4, -0.2) is 24.6 Å². The first kappa shape index (κ1) is 19.8. The minimum absolute atomic E-state index is 0.0611. The van der Waals surface area contributed by atoms with E-state index in [0.717, 1.165) is 5.56 Å². The number of hydrogen-bond donors (Lipinski definition) is 3. The number of amides is 3. The first-order valence-electron chi connectivity index (χ1n) is 8.52. The molecular weight excluding hydrogens is 344 g/mol. The summed E-state index contributed by atoms with van der Waals surface area (Å²) >= 11 is 0. The highest BCUT2D eigenvalue weighted by Gasteiger charge is 2.05. The number of urea groups is 1. The topological polar surface area (TPSA) is 103 Å². The van der Waals surface area contributed by atoms with Crippen LogP contribution in [0, 0.1) is 11.3 Å². The average Bonchev–Trinajstić information content (AvgIpc) is 2.65. The lowest BCUT2D eigenvalue weighted by Crippen LogP contribution is -2.34. The van der Waals surface area contributed by atoms with E-state index in [2.05, 4.69) is 16.0 Å². The summed E-state index contributed by atoms with van der Waals surface area (Å²) < 4.78 is 5.37. The van der Waals surface area contributed by atoms with Crippen LogP contribution in [0.5, 0.6) is 5.75 Å². The van der Waals surface area contributed by atoms with Crippen LogP contribution in [0.25, 0.3) is 0 Å². The zero-order valence-corrected chi connectivity index (χ0v) is 15.3. The molecule has 0 aliphatic carbocycles. The highest BCUT2D eigenvalue weighted by atomic mass is 16.5. The van der Waals surface area contributed by atoms with Gasteiger partial charge in [0.1, 0.15) is 5.75 Å². The predicted molar refractivity (Wildman–Crippen MR) is 102 cm³/mol. The first-order chi connectivity index (χ1) is 13.0. The van der Waals surface area contributed by atoms with Crippen molar-refractivity contribution in [1.82, 2.24) is 10.6 Å². The second kappa shape index (κ2) is 9.82. The van der Waals surface area contributed by atoms with Gasteiger partial charge in [-0.2, -0.15) is 5.26 Å². The van der Waals surface area contributed by atoms with E-state index in [1.807, 2.05) is 32.0 Å². The van der Waals surface area contributed by atoms with Crippen LogP contribution in [0.15, 0.2) is 48.5 Å². The molecule has 0 aliphatic heterocycles. The van der Waals surface area contributed by atoms with Crippen LogP contribution < -0.4 is 20.7 Å². The standard InChI is InChI=1S/C20H22N4O3/c1-14(2)23-20(26)24-17-7-3-16(4-8-17)12-22-19(25)13-27-18-9-5-15(11-21)6-10-18/h3-10,14H,12-13H2,1-2H3,(H,22,25)(H2,23,24,26). The molecule has 0 aliphatic rings. The second-order valence-electron chi connectivity index (χ2n) is 6.15. The van der Waals surface area contributed by atoms with Gasteiger partial charge in [-0.05, 0) is 55.8 Å². The minimum atomic E-state index is -0.258. The third-order valence-corrected chi connectivity index (χ3v) is 3.47. The molecule has 2 rings (SSSR count). The Labute approximate surface area is 158 Å². The second-order valence-corrected chi connectivity index (χ2v) is 6.15. The molecule has 140 valence electrons. The molecule has 0 radical (unpaired) electrons. The highest BCUT2D eigenvalue weighted by molar-refractivity contribution is 5.89. The molecular formula is C20H22N4O3. The SMILES string of the molecule is CC(C)NC(=O)Nc1ccc(CNC(=O)COc2ccc(C#N)cc2)cc1. The molecule has 0 saturated heterocycles. The molecule has 7 nitrogen and oxygen atoms in total. The van der Waals surface area contributed by atoms with E-state index < -0.39 is 0 Å². The zero-order chi connectivity index (χ0) is 19.6. The predicted octanol–water partition coefficient (Wildman–Crippen LogP) is 2.78. The van der Waals surface area contributed by atoms with Gasteiger partial charge in [0.25, 0.3) is 5.91 Å². The fourth-order valence-electron chi connectivity index (χ4n) is 2.16. The van der Waals surface area contributed by atoms with Crippen molar-refractivity contribution in [3.8, 4) is 11.8 Å². The van der Waals surface area contributed by atoms with Crippen LogP contribution in [0.2, 0.25) is 0 Å². The van der Waals surface area contributed by atoms with E-state index in [4.69, 9.17) is 10.00 Å². The molecule has 2 aromatic carbocycles. The summed E-state index contributed by atoms with van der Waals surface area (Å²) in [5.74, 6) is 0.275. The summed E-state index contributed by atoms with van der Waals surface area (Å²) in [6.45, 7) is 4.02. The molecule has 3 amide bonds. The summed E-state index contributed by atoms with van der Waals surface area (Å²) in [6.07, 6.45) is 0. The molecule has 0 spiro atoms. The number of ether oxygens (including phenoxy) is 1. The lowest BCUT2D eigenvalue weighted by molar-refractivity contribution is -0.123. The fourth-order valence-corrected chi connectivity index (χ4v) is 2.16. The lowest BCUT2D eigenvalue weighted by Gasteiger charge is -2.11. The molecule has 3 N–H and O–H groups in total. The number of nitrogens with one attached hydrogen (secondary N) is 3. The van der Waals surface area contributed by atoms with Gasteiger partial charge in [0.2, 0.25) is 0 Å². The van der Waals surface area contributed by atoms with Crippen LogP contribution in [0.4, 0.5) is 10.5 Å².